The van der Waals surface area contributed by atoms with Crippen molar-refractivity contribution in [2.45, 2.75) is 32.0 Å². The summed E-state index contributed by atoms with van der Waals surface area (Å²) in [5.74, 6) is 0. The van der Waals surface area contributed by atoms with Gasteiger partial charge in [0.25, 0.3) is 0 Å². The van der Waals surface area contributed by atoms with E-state index in [1.165, 1.54) is 0 Å². The molecular formula is C24H25ClN2O2. The van der Waals surface area contributed by atoms with E-state index in [-0.39, 0.29) is 0 Å². The van der Waals surface area contributed by atoms with Gasteiger partial charge in [-0.2, -0.15) is 0 Å². The minimum atomic E-state index is -0.735. The van der Waals surface area contributed by atoms with E-state index < -0.39 is 12.2 Å². The Balaban J connectivity index is 1.62. The molecule has 2 atom stereocenters. The van der Waals surface area contributed by atoms with E-state index in [2.05, 4.69) is 10.3 Å². The second-order valence-corrected chi connectivity index (χ2v) is 7.96. The van der Waals surface area contributed by atoms with Crippen molar-refractivity contribution in [3.8, 4) is 0 Å². The average molecular weight is 409 g/mol. The molecule has 0 saturated carbocycles. The van der Waals surface area contributed by atoms with E-state index >= 15 is 0 Å². The van der Waals surface area contributed by atoms with Crippen molar-refractivity contribution in [3.05, 3.63) is 93.8 Å². The summed E-state index contributed by atoms with van der Waals surface area (Å²) in [5, 5.41) is 25.8. The highest BCUT2D eigenvalue weighted by molar-refractivity contribution is 6.31. The molecule has 2 aromatic carbocycles. The maximum atomic E-state index is 11.1. The number of aromatic amines is 1. The Bertz CT molecular complexity index is 1070. The van der Waals surface area contributed by atoms with Gasteiger partial charge in [0, 0.05) is 28.2 Å². The molecule has 3 aromatic rings. The topological polar surface area (TPSA) is 68.3 Å². The number of aliphatic hydroxyl groups excluding tert-OH is 2. The summed E-state index contributed by atoms with van der Waals surface area (Å²) in [6, 6.07) is 13.7. The maximum Gasteiger partial charge on any atom is 0.119 e. The number of hydrogen-bond donors (Lipinski definition) is 4. The lowest BCUT2D eigenvalue weighted by atomic mass is 9.99. The largest absolute Gasteiger partial charge is 0.389 e. The fourth-order valence-electron chi connectivity index (χ4n) is 3.73. The summed E-state index contributed by atoms with van der Waals surface area (Å²) in [5.41, 5.74) is 5.85. The third-order valence-electron chi connectivity index (χ3n) is 5.35. The lowest BCUT2D eigenvalue weighted by Crippen LogP contribution is -2.19. The van der Waals surface area contributed by atoms with Gasteiger partial charge in [0.05, 0.1) is 11.8 Å². The van der Waals surface area contributed by atoms with Gasteiger partial charge < -0.3 is 20.5 Å². The first-order valence-corrected chi connectivity index (χ1v) is 10.2. The van der Waals surface area contributed by atoms with Gasteiger partial charge in [0.2, 0.25) is 0 Å². The fourth-order valence-corrected chi connectivity index (χ4v) is 3.90. The normalized spacial score (nSPS) is 17.4. The van der Waals surface area contributed by atoms with Gasteiger partial charge in [-0.1, -0.05) is 53.6 Å². The van der Waals surface area contributed by atoms with Crippen molar-refractivity contribution in [3.63, 3.8) is 0 Å². The Hall–Kier alpha value is -2.53. The number of benzene rings is 2. The summed E-state index contributed by atoms with van der Waals surface area (Å²) in [6.07, 6.45) is 5.92. The molecule has 150 valence electrons. The number of aryl methyl sites for hydroxylation is 1. The minimum absolute atomic E-state index is 0.396. The predicted molar refractivity (Wildman–Crippen MR) is 118 cm³/mol. The molecule has 1 heterocycles. The average Bonchev–Trinajstić information content (AvgIpc) is 3.07. The van der Waals surface area contributed by atoms with Gasteiger partial charge in [-0.15, -0.1) is 0 Å². The van der Waals surface area contributed by atoms with Crippen LogP contribution in [0.3, 0.4) is 0 Å². The van der Waals surface area contributed by atoms with Crippen molar-refractivity contribution in [2.75, 3.05) is 6.54 Å². The third kappa shape index (κ3) is 4.40. The van der Waals surface area contributed by atoms with Crippen LogP contribution in [0.4, 0.5) is 0 Å². The zero-order valence-corrected chi connectivity index (χ0v) is 17.1. The zero-order valence-electron chi connectivity index (χ0n) is 16.3. The molecule has 0 aliphatic heterocycles. The van der Waals surface area contributed by atoms with E-state index in [4.69, 9.17) is 11.6 Å². The Morgan fingerprint density at radius 2 is 2.00 bits per heavy atom. The van der Waals surface area contributed by atoms with Crippen molar-refractivity contribution < 1.29 is 10.2 Å². The molecule has 0 saturated heterocycles. The lowest BCUT2D eigenvalue weighted by Gasteiger charge is -2.15. The number of H-pyrrole nitrogens is 1. The number of fused-ring (bicyclic) bond motifs is 1. The molecule has 4 N–H and O–H groups in total. The van der Waals surface area contributed by atoms with Crippen molar-refractivity contribution in [1.29, 1.82) is 0 Å². The van der Waals surface area contributed by atoms with E-state index in [9.17, 15) is 10.2 Å². The van der Waals surface area contributed by atoms with Gasteiger partial charge in [-0.25, -0.2) is 0 Å². The van der Waals surface area contributed by atoms with Crippen LogP contribution >= 0.6 is 11.6 Å². The van der Waals surface area contributed by atoms with Crippen LogP contribution in [0.2, 0.25) is 5.02 Å². The first kappa shape index (κ1) is 19.8. The molecule has 2 unspecified atom stereocenters. The van der Waals surface area contributed by atoms with Crippen LogP contribution in [0.1, 0.15) is 34.9 Å². The molecule has 5 heteroatoms. The Kier molecular flexibility index (Phi) is 5.76. The molecule has 1 aliphatic rings. The van der Waals surface area contributed by atoms with Crippen LogP contribution in [0, 0.1) is 6.92 Å². The van der Waals surface area contributed by atoms with Gasteiger partial charge in [0.1, 0.15) is 6.10 Å². The maximum absolute atomic E-state index is 11.1. The third-order valence-corrected chi connectivity index (χ3v) is 5.58. The molecule has 4 nitrogen and oxygen atoms in total. The number of nitrogens with one attached hydrogen (secondary N) is 2. The zero-order chi connectivity index (χ0) is 20.4. The smallest absolute Gasteiger partial charge is 0.119 e. The van der Waals surface area contributed by atoms with E-state index in [1.54, 1.807) is 6.08 Å². The lowest BCUT2D eigenvalue weighted by molar-refractivity contribution is 0.215. The van der Waals surface area contributed by atoms with Crippen molar-refractivity contribution >= 4 is 22.5 Å². The Morgan fingerprint density at radius 3 is 2.72 bits per heavy atom. The number of rotatable bonds is 6. The van der Waals surface area contributed by atoms with E-state index in [1.807, 2.05) is 61.5 Å². The Morgan fingerprint density at radius 1 is 1.21 bits per heavy atom. The van der Waals surface area contributed by atoms with Crippen LogP contribution in [-0.4, -0.2) is 27.8 Å². The standard InChI is InChI=1S/C24H25ClN2O2/c1-15-2-4-16(5-3-15)24(29)23-20(21-14-17(25)6-11-22(21)27-23)12-13-26-18-7-9-19(28)10-8-18/h2-9,11,14,19,24,26-29H,10,12-13H2,1H3. The molecule has 4 rings (SSSR count). The second kappa shape index (κ2) is 8.46. The quantitative estimate of drug-likeness (QED) is 0.483. The summed E-state index contributed by atoms with van der Waals surface area (Å²) in [7, 11) is 0. The molecule has 1 aliphatic carbocycles. The van der Waals surface area contributed by atoms with Gasteiger partial charge in [-0.05, 0) is 55.2 Å². The molecule has 29 heavy (non-hydrogen) atoms. The summed E-state index contributed by atoms with van der Waals surface area (Å²) < 4.78 is 0. The van der Waals surface area contributed by atoms with Crippen LogP contribution in [0.25, 0.3) is 10.9 Å². The molecule has 0 radical (unpaired) electrons. The Labute approximate surface area is 175 Å². The number of aromatic nitrogens is 1. The molecule has 0 bridgehead atoms. The highest BCUT2D eigenvalue weighted by Gasteiger charge is 2.20. The van der Waals surface area contributed by atoms with Gasteiger partial charge >= 0.3 is 0 Å². The predicted octanol–water partition coefficient (Wildman–Crippen LogP) is 4.55. The van der Waals surface area contributed by atoms with Crippen LogP contribution in [0.5, 0.6) is 0 Å². The molecule has 0 fully saturated rings. The first-order chi connectivity index (χ1) is 14.0. The number of allylic oxidation sites excluding steroid dienone is 1. The van der Waals surface area contributed by atoms with Crippen molar-refractivity contribution in [2.24, 2.45) is 0 Å². The van der Waals surface area contributed by atoms with Crippen LogP contribution in [0.15, 0.2) is 66.4 Å². The molecule has 0 spiro atoms. The summed E-state index contributed by atoms with van der Waals surface area (Å²) in [6.45, 7) is 2.74. The highest BCUT2D eigenvalue weighted by Crippen LogP contribution is 2.32. The minimum Gasteiger partial charge on any atom is -0.389 e. The highest BCUT2D eigenvalue weighted by atomic mass is 35.5. The van der Waals surface area contributed by atoms with Gasteiger partial charge in [0.15, 0.2) is 0 Å². The fraction of sp³-hybridized carbons (Fsp3) is 0.250. The monoisotopic (exact) mass is 408 g/mol. The molecular weight excluding hydrogens is 384 g/mol. The van der Waals surface area contributed by atoms with E-state index in [0.29, 0.717) is 18.0 Å². The number of aliphatic hydroxyl groups is 2. The van der Waals surface area contributed by atoms with Crippen molar-refractivity contribution in [1.82, 2.24) is 10.3 Å². The van der Waals surface area contributed by atoms with Crippen LogP contribution < -0.4 is 5.32 Å². The van der Waals surface area contributed by atoms with Gasteiger partial charge in [-0.3, -0.25) is 0 Å². The second-order valence-electron chi connectivity index (χ2n) is 7.52. The number of hydrogen-bond acceptors (Lipinski definition) is 3. The van der Waals surface area contributed by atoms with E-state index in [0.717, 1.165) is 45.4 Å². The SMILES string of the molecule is Cc1ccc(C(O)c2[nH]c3ccc(Cl)cc3c2CCNC2=CCC(O)C=C2)cc1. The molecule has 0 amide bonds. The summed E-state index contributed by atoms with van der Waals surface area (Å²) >= 11 is 6.25. The molecule has 1 aromatic heterocycles. The van der Waals surface area contributed by atoms with Crippen LogP contribution in [-0.2, 0) is 6.42 Å². The first-order valence-electron chi connectivity index (χ1n) is 9.86. The summed E-state index contributed by atoms with van der Waals surface area (Å²) in [4.78, 5) is 3.40. The number of halogens is 1.